The number of ether oxygens (including phenoxy) is 1. The summed E-state index contributed by atoms with van der Waals surface area (Å²) in [6.07, 6.45) is 0.933. The van der Waals surface area contributed by atoms with Crippen LogP contribution < -0.4 is 0 Å². The molecule has 1 saturated heterocycles. The minimum atomic E-state index is -3.59. The first kappa shape index (κ1) is 10.9. The topological polar surface area (TPSA) is 43.4 Å². The fraction of sp³-hybridized carbons (Fsp3) is 0.400. The van der Waals surface area contributed by atoms with Crippen molar-refractivity contribution in [3.05, 3.63) is 29.8 Å². The average Bonchev–Trinajstić information content (AvgIpc) is 2.11. The molecule has 0 radical (unpaired) electrons. The van der Waals surface area contributed by atoms with E-state index in [-0.39, 0.29) is 4.90 Å². The van der Waals surface area contributed by atoms with Crippen molar-refractivity contribution in [2.24, 2.45) is 5.92 Å². The van der Waals surface area contributed by atoms with Gasteiger partial charge in [-0.05, 0) is 24.1 Å². The van der Waals surface area contributed by atoms with Gasteiger partial charge in [-0.25, -0.2) is 8.42 Å². The third kappa shape index (κ3) is 2.71. The molecule has 0 N–H and O–H groups in total. The summed E-state index contributed by atoms with van der Waals surface area (Å²) in [4.78, 5) is 0.151. The van der Waals surface area contributed by atoms with Crippen LogP contribution in [0.1, 0.15) is 5.56 Å². The Labute approximate surface area is 93.4 Å². The van der Waals surface area contributed by atoms with E-state index in [1.54, 1.807) is 12.1 Å². The van der Waals surface area contributed by atoms with Crippen LogP contribution >= 0.6 is 10.7 Å². The molecule has 1 fully saturated rings. The lowest BCUT2D eigenvalue weighted by Gasteiger charge is -2.25. The maximum absolute atomic E-state index is 11.0. The van der Waals surface area contributed by atoms with E-state index >= 15 is 0 Å². The number of halogens is 1. The maximum atomic E-state index is 11.0. The van der Waals surface area contributed by atoms with E-state index in [9.17, 15) is 8.42 Å². The highest BCUT2D eigenvalue weighted by Crippen LogP contribution is 2.19. The van der Waals surface area contributed by atoms with Crippen LogP contribution in [0.15, 0.2) is 29.2 Å². The molecule has 3 nitrogen and oxygen atoms in total. The molecule has 1 aromatic rings. The van der Waals surface area contributed by atoms with E-state index in [0.717, 1.165) is 25.2 Å². The van der Waals surface area contributed by atoms with E-state index in [1.165, 1.54) is 12.1 Å². The van der Waals surface area contributed by atoms with E-state index < -0.39 is 9.05 Å². The summed E-state index contributed by atoms with van der Waals surface area (Å²) in [6, 6.07) is 6.68. The third-order valence-electron chi connectivity index (χ3n) is 2.44. The second kappa shape index (κ2) is 4.12. The van der Waals surface area contributed by atoms with Crippen molar-refractivity contribution in [3.8, 4) is 0 Å². The van der Waals surface area contributed by atoms with Gasteiger partial charge in [-0.15, -0.1) is 0 Å². The Morgan fingerprint density at radius 3 is 2.27 bits per heavy atom. The quantitative estimate of drug-likeness (QED) is 0.764. The molecular formula is C10H11ClO3S. The Bertz CT molecular complexity index is 434. The summed E-state index contributed by atoms with van der Waals surface area (Å²) in [7, 11) is 1.62. The monoisotopic (exact) mass is 246 g/mol. The van der Waals surface area contributed by atoms with Gasteiger partial charge in [0.15, 0.2) is 0 Å². The molecule has 1 aliphatic rings. The fourth-order valence-electron chi connectivity index (χ4n) is 1.52. The van der Waals surface area contributed by atoms with Crippen molar-refractivity contribution >= 4 is 19.7 Å². The largest absolute Gasteiger partial charge is 0.381 e. The van der Waals surface area contributed by atoms with Gasteiger partial charge < -0.3 is 4.74 Å². The lowest BCUT2D eigenvalue weighted by molar-refractivity contribution is -0.0312. The lowest BCUT2D eigenvalue weighted by atomic mass is 9.98. The predicted octanol–water partition coefficient (Wildman–Crippen LogP) is 1.80. The molecule has 0 spiro atoms. The highest BCUT2D eigenvalue weighted by molar-refractivity contribution is 8.13. The van der Waals surface area contributed by atoms with Crippen LogP contribution in [0.4, 0.5) is 0 Å². The first-order chi connectivity index (χ1) is 7.05. The van der Waals surface area contributed by atoms with E-state index in [1.807, 2.05) is 0 Å². The van der Waals surface area contributed by atoms with E-state index in [0.29, 0.717) is 5.92 Å². The number of rotatable bonds is 3. The van der Waals surface area contributed by atoms with Crippen LogP contribution in [0, 0.1) is 5.92 Å². The standard InChI is InChI=1S/C10H11ClO3S/c11-15(12,13)10-3-1-8(2-4-10)5-9-6-14-7-9/h1-4,9H,5-7H2. The first-order valence-electron chi connectivity index (χ1n) is 4.67. The Hall–Kier alpha value is -0.580. The predicted molar refractivity (Wildman–Crippen MR) is 57.5 cm³/mol. The van der Waals surface area contributed by atoms with Crippen molar-refractivity contribution < 1.29 is 13.2 Å². The van der Waals surface area contributed by atoms with Gasteiger partial charge in [0.25, 0.3) is 9.05 Å². The summed E-state index contributed by atoms with van der Waals surface area (Å²) < 4.78 is 27.0. The molecule has 1 heterocycles. The smallest absolute Gasteiger partial charge is 0.261 e. The zero-order chi connectivity index (χ0) is 10.9. The normalized spacial score (nSPS) is 17.4. The molecule has 2 rings (SSSR count). The van der Waals surface area contributed by atoms with Crippen LogP contribution in [-0.4, -0.2) is 21.6 Å². The molecule has 0 amide bonds. The van der Waals surface area contributed by atoms with Gasteiger partial charge in [0.1, 0.15) is 0 Å². The Kier molecular flexibility index (Phi) is 3.00. The van der Waals surface area contributed by atoms with Crippen LogP contribution in [0.25, 0.3) is 0 Å². The van der Waals surface area contributed by atoms with Crippen LogP contribution in [0.3, 0.4) is 0 Å². The second-order valence-electron chi connectivity index (χ2n) is 3.69. The van der Waals surface area contributed by atoms with Crippen molar-refractivity contribution in [3.63, 3.8) is 0 Å². The second-order valence-corrected chi connectivity index (χ2v) is 6.26. The SMILES string of the molecule is O=S(=O)(Cl)c1ccc(CC2COC2)cc1. The lowest BCUT2D eigenvalue weighted by Crippen LogP contribution is -2.29. The Morgan fingerprint density at radius 1 is 1.27 bits per heavy atom. The van der Waals surface area contributed by atoms with Gasteiger partial charge in [-0.1, -0.05) is 12.1 Å². The van der Waals surface area contributed by atoms with Crippen molar-refractivity contribution in [1.29, 1.82) is 0 Å². The zero-order valence-corrected chi connectivity index (χ0v) is 9.59. The summed E-state index contributed by atoms with van der Waals surface area (Å²) in [5, 5.41) is 0. The van der Waals surface area contributed by atoms with Crippen LogP contribution in [0.2, 0.25) is 0 Å². The number of benzene rings is 1. The molecule has 0 bridgehead atoms. The summed E-state index contributed by atoms with van der Waals surface area (Å²) in [5.41, 5.74) is 1.12. The minimum Gasteiger partial charge on any atom is -0.381 e. The highest BCUT2D eigenvalue weighted by atomic mass is 35.7. The first-order valence-corrected chi connectivity index (χ1v) is 6.98. The molecule has 0 unspecified atom stereocenters. The highest BCUT2D eigenvalue weighted by Gasteiger charge is 2.18. The van der Waals surface area contributed by atoms with Gasteiger partial charge >= 0.3 is 0 Å². The minimum absolute atomic E-state index is 0.151. The van der Waals surface area contributed by atoms with Crippen LogP contribution in [0.5, 0.6) is 0 Å². The fourth-order valence-corrected chi connectivity index (χ4v) is 2.29. The number of hydrogen-bond donors (Lipinski definition) is 0. The van der Waals surface area contributed by atoms with Gasteiger partial charge in [0, 0.05) is 16.6 Å². The summed E-state index contributed by atoms with van der Waals surface area (Å²) in [6.45, 7) is 1.60. The average molecular weight is 247 g/mol. The van der Waals surface area contributed by atoms with Crippen LogP contribution in [-0.2, 0) is 20.2 Å². The maximum Gasteiger partial charge on any atom is 0.261 e. The molecule has 0 saturated carbocycles. The van der Waals surface area contributed by atoms with E-state index in [4.69, 9.17) is 15.4 Å². The molecule has 15 heavy (non-hydrogen) atoms. The molecule has 0 aliphatic carbocycles. The van der Waals surface area contributed by atoms with Gasteiger partial charge in [-0.2, -0.15) is 0 Å². The van der Waals surface area contributed by atoms with Crippen molar-refractivity contribution in [2.45, 2.75) is 11.3 Å². The summed E-state index contributed by atoms with van der Waals surface area (Å²) >= 11 is 0. The molecular weight excluding hydrogens is 236 g/mol. The van der Waals surface area contributed by atoms with E-state index in [2.05, 4.69) is 0 Å². The molecule has 0 aromatic heterocycles. The van der Waals surface area contributed by atoms with Gasteiger partial charge in [0.05, 0.1) is 18.1 Å². The van der Waals surface area contributed by atoms with Gasteiger partial charge in [-0.3, -0.25) is 0 Å². The van der Waals surface area contributed by atoms with Crippen molar-refractivity contribution in [1.82, 2.24) is 0 Å². The zero-order valence-electron chi connectivity index (χ0n) is 8.02. The molecule has 0 atom stereocenters. The molecule has 5 heteroatoms. The Morgan fingerprint density at radius 2 is 1.87 bits per heavy atom. The molecule has 1 aliphatic heterocycles. The third-order valence-corrected chi connectivity index (χ3v) is 3.81. The van der Waals surface area contributed by atoms with Gasteiger partial charge in [0.2, 0.25) is 0 Å². The Balaban J connectivity index is 2.09. The summed E-state index contributed by atoms with van der Waals surface area (Å²) in [5.74, 6) is 0.573. The van der Waals surface area contributed by atoms with Crippen molar-refractivity contribution in [2.75, 3.05) is 13.2 Å². The number of hydrogen-bond acceptors (Lipinski definition) is 3. The molecule has 82 valence electrons. The molecule has 1 aromatic carbocycles.